The molecule has 0 saturated heterocycles. The number of halogens is 2. The van der Waals surface area contributed by atoms with E-state index in [4.69, 9.17) is 32.7 Å². The molecule has 24 heavy (non-hydrogen) atoms. The number of methoxy groups -OCH3 is 2. The van der Waals surface area contributed by atoms with Crippen LogP contribution in [0.4, 0.5) is 5.69 Å². The lowest BCUT2D eigenvalue weighted by molar-refractivity contribution is 0.102. The van der Waals surface area contributed by atoms with Crippen LogP contribution >= 0.6 is 23.2 Å². The predicted octanol–water partition coefficient (Wildman–Crippen LogP) is 4.99. The van der Waals surface area contributed by atoms with Crippen molar-refractivity contribution in [3.8, 4) is 11.5 Å². The zero-order valence-corrected chi connectivity index (χ0v) is 14.9. The Hall–Kier alpha value is -2.17. The van der Waals surface area contributed by atoms with Crippen LogP contribution in [0.3, 0.4) is 0 Å². The normalized spacial score (nSPS) is 10.2. The average Bonchev–Trinajstić information content (AvgIpc) is 2.56. The highest BCUT2D eigenvalue weighted by atomic mass is 35.5. The Morgan fingerprint density at radius 3 is 2.54 bits per heavy atom. The Morgan fingerprint density at radius 2 is 1.96 bits per heavy atom. The second-order valence-corrected chi connectivity index (χ2v) is 5.79. The van der Waals surface area contributed by atoms with Crippen LogP contribution in [-0.4, -0.2) is 20.1 Å². The first-order valence-corrected chi connectivity index (χ1v) is 7.88. The third kappa shape index (κ3) is 4.02. The summed E-state index contributed by atoms with van der Waals surface area (Å²) < 4.78 is 10.7. The van der Waals surface area contributed by atoms with Gasteiger partial charge in [0.25, 0.3) is 5.91 Å². The van der Waals surface area contributed by atoms with Gasteiger partial charge in [0.1, 0.15) is 0 Å². The van der Waals surface area contributed by atoms with E-state index in [1.54, 1.807) is 43.5 Å². The van der Waals surface area contributed by atoms with Gasteiger partial charge in [0.2, 0.25) is 0 Å². The largest absolute Gasteiger partial charge is 0.493 e. The number of amides is 1. The number of anilines is 1. The molecule has 6 heteroatoms. The van der Waals surface area contributed by atoms with E-state index in [2.05, 4.69) is 11.9 Å². The molecular weight excluding hydrogens is 349 g/mol. The quantitative estimate of drug-likeness (QED) is 0.733. The first-order chi connectivity index (χ1) is 11.5. The summed E-state index contributed by atoms with van der Waals surface area (Å²) in [7, 11) is 3.07. The van der Waals surface area contributed by atoms with Gasteiger partial charge in [0, 0.05) is 16.1 Å². The molecule has 2 aromatic carbocycles. The predicted molar refractivity (Wildman–Crippen MR) is 97.9 cm³/mol. The van der Waals surface area contributed by atoms with Crippen LogP contribution in [-0.2, 0) is 6.42 Å². The number of carbonyl (C=O) groups excluding carboxylic acids is 1. The molecule has 1 N–H and O–H groups in total. The molecule has 4 nitrogen and oxygen atoms in total. The van der Waals surface area contributed by atoms with Gasteiger partial charge in [0.15, 0.2) is 11.5 Å². The standard InChI is InChI=1S/C18H17Cl2NO3/c1-4-5-11-8-12(9-16(23-2)17(11)24-3)18(22)21-15-7-6-13(19)10-14(15)20/h4,6-10H,1,5H2,2-3H3,(H,21,22). The molecule has 0 aliphatic rings. The third-order valence-corrected chi connectivity index (χ3v) is 3.91. The molecule has 0 spiro atoms. The molecule has 0 aliphatic heterocycles. The minimum atomic E-state index is -0.314. The number of benzene rings is 2. The molecule has 0 unspecified atom stereocenters. The summed E-state index contributed by atoms with van der Waals surface area (Å²) in [6.07, 6.45) is 2.28. The number of nitrogens with one attached hydrogen (secondary N) is 1. The van der Waals surface area contributed by atoms with Gasteiger partial charge in [-0.25, -0.2) is 0 Å². The lowest BCUT2D eigenvalue weighted by Crippen LogP contribution is -2.13. The molecule has 0 aromatic heterocycles. The Bertz CT molecular complexity index is 775. The van der Waals surface area contributed by atoms with Crippen molar-refractivity contribution in [2.24, 2.45) is 0 Å². The van der Waals surface area contributed by atoms with Crippen LogP contribution in [0.15, 0.2) is 43.0 Å². The van der Waals surface area contributed by atoms with Crippen LogP contribution in [0.5, 0.6) is 11.5 Å². The zero-order chi connectivity index (χ0) is 17.7. The SMILES string of the molecule is C=CCc1cc(C(=O)Nc2ccc(Cl)cc2Cl)cc(OC)c1OC. The number of ether oxygens (including phenoxy) is 2. The Morgan fingerprint density at radius 1 is 1.21 bits per heavy atom. The van der Waals surface area contributed by atoms with Gasteiger partial charge >= 0.3 is 0 Å². The molecule has 0 atom stereocenters. The van der Waals surface area contributed by atoms with Crippen molar-refractivity contribution in [3.63, 3.8) is 0 Å². The molecule has 0 heterocycles. The van der Waals surface area contributed by atoms with E-state index in [-0.39, 0.29) is 5.91 Å². The molecule has 2 rings (SSSR count). The summed E-state index contributed by atoms with van der Waals surface area (Å²) >= 11 is 12.0. The van der Waals surface area contributed by atoms with E-state index in [0.29, 0.717) is 39.2 Å². The number of hydrogen-bond acceptors (Lipinski definition) is 3. The van der Waals surface area contributed by atoms with Gasteiger partial charge in [-0.2, -0.15) is 0 Å². The van der Waals surface area contributed by atoms with Crippen LogP contribution in [0.25, 0.3) is 0 Å². The molecule has 0 saturated carbocycles. The minimum Gasteiger partial charge on any atom is -0.493 e. The summed E-state index contributed by atoms with van der Waals surface area (Å²) in [5.74, 6) is 0.744. The first kappa shape index (κ1) is 18.2. The van der Waals surface area contributed by atoms with E-state index in [0.717, 1.165) is 5.56 Å². The number of rotatable bonds is 6. The monoisotopic (exact) mass is 365 g/mol. The van der Waals surface area contributed by atoms with Gasteiger partial charge in [0.05, 0.1) is 24.9 Å². The summed E-state index contributed by atoms with van der Waals surface area (Å²) in [5.41, 5.74) is 1.71. The summed E-state index contributed by atoms with van der Waals surface area (Å²) in [4.78, 5) is 12.6. The molecule has 0 bridgehead atoms. The van der Waals surface area contributed by atoms with Gasteiger partial charge in [-0.3, -0.25) is 4.79 Å². The molecule has 1 amide bonds. The van der Waals surface area contributed by atoms with Crippen molar-refractivity contribution in [1.82, 2.24) is 0 Å². The minimum absolute atomic E-state index is 0.314. The first-order valence-electron chi connectivity index (χ1n) is 7.12. The summed E-state index contributed by atoms with van der Waals surface area (Å²) in [5, 5.41) is 3.62. The average molecular weight is 366 g/mol. The number of hydrogen-bond donors (Lipinski definition) is 1. The second-order valence-electron chi connectivity index (χ2n) is 4.94. The highest BCUT2D eigenvalue weighted by Crippen LogP contribution is 2.34. The van der Waals surface area contributed by atoms with Crippen molar-refractivity contribution < 1.29 is 14.3 Å². The molecule has 126 valence electrons. The fourth-order valence-electron chi connectivity index (χ4n) is 2.27. The topological polar surface area (TPSA) is 47.6 Å². The van der Waals surface area contributed by atoms with Gasteiger partial charge in [-0.05, 0) is 36.8 Å². The fourth-order valence-corrected chi connectivity index (χ4v) is 2.72. The Kier molecular flexibility index (Phi) is 6.12. The molecular formula is C18H17Cl2NO3. The van der Waals surface area contributed by atoms with Crippen LogP contribution < -0.4 is 14.8 Å². The van der Waals surface area contributed by atoms with Crippen LogP contribution in [0, 0.1) is 0 Å². The lowest BCUT2D eigenvalue weighted by Gasteiger charge is -2.14. The van der Waals surface area contributed by atoms with Crippen molar-refractivity contribution in [3.05, 3.63) is 64.2 Å². The number of carbonyl (C=O) groups is 1. The zero-order valence-electron chi connectivity index (χ0n) is 13.4. The van der Waals surface area contributed by atoms with E-state index in [1.165, 1.54) is 7.11 Å². The van der Waals surface area contributed by atoms with Crippen molar-refractivity contribution >= 4 is 34.8 Å². The maximum Gasteiger partial charge on any atom is 0.255 e. The summed E-state index contributed by atoms with van der Waals surface area (Å²) in [6, 6.07) is 8.22. The van der Waals surface area contributed by atoms with Gasteiger partial charge in [-0.15, -0.1) is 6.58 Å². The van der Waals surface area contributed by atoms with Gasteiger partial charge in [-0.1, -0.05) is 29.3 Å². The van der Waals surface area contributed by atoms with E-state index in [1.807, 2.05) is 0 Å². The highest BCUT2D eigenvalue weighted by Gasteiger charge is 2.16. The van der Waals surface area contributed by atoms with Crippen LogP contribution in [0.1, 0.15) is 15.9 Å². The molecule has 0 fully saturated rings. The smallest absolute Gasteiger partial charge is 0.255 e. The van der Waals surface area contributed by atoms with Crippen molar-refractivity contribution in [2.75, 3.05) is 19.5 Å². The summed E-state index contributed by atoms with van der Waals surface area (Å²) in [6.45, 7) is 3.72. The molecule has 0 radical (unpaired) electrons. The Labute approximate surface area is 151 Å². The van der Waals surface area contributed by atoms with Crippen LogP contribution in [0.2, 0.25) is 10.0 Å². The Balaban J connectivity index is 2.38. The van der Waals surface area contributed by atoms with Gasteiger partial charge < -0.3 is 14.8 Å². The van der Waals surface area contributed by atoms with E-state index < -0.39 is 0 Å². The maximum atomic E-state index is 12.6. The lowest BCUT2D eigenvalue weighted by atomic mass is 10.0. The van der Waals surface area contributed by atoms with Crippen molar-refractivity contribution in [2.45, 2.75) is 6.42 Å². The van der Waals surface area contributed by atoms with E-state index in [9.17, 15) is 4.79 Å². The molecule has 0 aliphatic carbocycles. The highest BCUT2D eigenvalue weighted by molar-refractivity contribution is 6.36. The second kappa shape index (κ2) is 8.08. The third-order valence-electron chi connectivity index (χ3n) is 3.36. The fraction of sp³-hybridized carbons (Fsp3) is 0.167. The maximum absolute atomic E-state index is 12.6. The number of allylic oxidation sites excluding steroid dienone is 1. The van der Waals surface area contributed by atoms with Crippen molar-refractivity contribution in [1.29, 1.82) is 0 Å². The van der Waals surface area contributed by atoms with E-state index >= 15 is 0 Å². The molecule has 2 aromatic rings.